The third-order valence-corrected chi connectivity index (χ3v) is 4.15. The van der Waals surface area contributed by atoms with Gasteiger partial charge in [-0.05, 0) is 24.6 Å². The van der Waals surface area contributed by atoms with Crippen LogP contribution >= 0.6 is 0 Å². The van der Waals surface area contributed by atoms with E-state index in [0.29, 0.717) is 12.1 Å². The first-order chi connectivity index (χ1) is 11.2. The monoisotopic (exact) mass is 314 g/mol. The normalized spacial score (nSPS) is 18.0. The van der Waals surface area contributed by atoms with Crippen LogP contribution in [0.4, 0.5) is 0 Å². The predicted octanol–water partition coefficient (Wildman–Crippen LogP) is 1.37. The molecule has 0 aliphatic carbocycles. The van der Waals surface area contributed by atoms with Crippen LogP contribution in [-0.2, 0) is 6.54 Å². The first kappa shape index (κ1) is 15.6. The Balaban J connectivity index is 1.68. The number of carbonyl (C=O) groups is 1. The second-order valence-electron chi connectivity index (χ2n) is 5.83. The van der Waals surface area contributed by atoms with Crippen LogP contribution in [0.15, 0.2) is 36.7 Å². The summed E-state index contributed by atoms with van der Waals surface area (Å²) in [6.07, 6.45) is 3.47. The van der Waals surface area contributed by atoms with Gasteiger partial charge in [0.15, 0.2) is 0 Å². The highest BCUT2D eigenvalue weighted by Crippen LogP contribution is 2.14. The van der Waals surface area contributed by atoms with Crippen molar-refractivity contribution >= 4 is 5.91 Å². The van der Waals surface area contributed by atoms with Crippen molar-refractivity contribution in [3.8, 4) is 5.75 Å². The number of rotatable bonds is 4. The molecule has 23 heavy (non-hydrogen) atoms. The van der Waals surface area contributed by atoms with Gasteiger partial charge in [0.05, 0.1) is 25.4 Å². The van der Waals surface area contributed by atoms with Crippen molar-refractivity contribution < 1.29 is 9.53 Å². The van der Waals surface area contributed by atoms with Gasteiger partial charge in [-0.3, -0.25) is 9.48 Å². The smallest absolute Gasteiger partial charge is 0.257 e. The average molecular weight is 314 g/mol. The van der Waals surface area contributed by atoms with E-state index in [1.54, 1.807) is 18.0 Å². The summed E-state index contributed by atoms with van der Waals surface area (Å²) in [5.74, 6) is 0.887. The highest BCUT2D eigenvalue weighted by atomic mass is 16.5. The largest absolute Gasteiger partial charge is 0.497 e. The van der Waals surface area contributed by atoms with Crippen molar-refractivity contribution in [1.82, 2.24) is 20.0 Å². The molecule has 1 aliphatic rings. The van der Waals surface area contributed by atoms with Crippen LogP contribution in [0.25, 0.3) is 0 Å². The molecule has 1 N–H and O–H groups in total. The molecule has 0 spiro atoms. The van der Waals surface area contributed by atoms with Crippen LogP contribution in [0.1, 0.15) is 22.8 Å². The van der Waals surface area contributed by atoms with Gasteiger partial charge in [0.2, 0.25) is 0 Å². The Labute approximate surface area is 136 Å². The van der Waals surface area contributed by atoms with Gasteiger partial charge in [-0.1, -0.05) is 12.1 Å². The minimum absolute atomic E-state index is 0.0555. The average Bonchev–Trinajstić information content (AvgIpc) is 3.04. The minimum Gasteiger partial charge on any atom is -0.497 e. The molecular formula is C17H22N4O2. The van der Waals surface area contributed by atoms with Crippen LogP contribution in [0.3, 0.4) is 0 Å². The minimum atomic E-state index is 0.0555. The molecule has 1 fully saturated rings. The maximum Gasteiger partial charge on any atom is 0.257 e. The maximum absolute atomic E-state index is 12.6. The zero-order valence-corrected chi connectivity index (χ0v) is 13.5. The van der Waals surface area contributed by atoms with Crippen LogP contribution in [-0.4, -0.2) is 53.4 Å². The number of aromatic nitrogens is 2. The lowest BCUT2D eigenvalue weighted by Gasteiger charge is -2.33. The van der Waals surface area contributed by atoms with Crippen molar-refractivity contribution in [2.24, 2.45) is 0 Å². The fourth-order valence-electron chi connectivity index (χ4n) is 2.79. The van der Waals surface area contributed by atoms with E-state index in [1.807, 2.05) is 35.4 Å². The van der Waals surface area contributed by atoms with Gasteiger partial charge in [0.25, 0.3) is 5.91 Å². The van der Waals surface area contributed by atoms with E-state index in [-0.39, 0.29) is 11.9 Å². The van der Waals surface area contributed by atoms with Gasteiger partial charge in [-0.2, -0.15) is 5.10 Å². The lowest BCUT2D eigenvalue weighted by atomic mass is 10.2. The molecule has 1 atom stereocenters. The van der Waals surface area contributed by atoms with Crippen LogP contribution in [0, 0.1) is 0 Å². The molecule has 6 nitrogen and oxygen atoms in total. The third-order valence-electron chi connectivity index (χ3n) is 4.15. The topological polar surface area (TPSA) is 59.4 Å². The number of nitrogens with one attached hydrogen (secondary N) is 1. The summed E-state index contributed by atoms with van der Waals surface area (Å²) in [4.78, 5) is 14.5. The number of carbonyl (C=O) groups excluding carboxylic acids is 1. The molecule has 1 aliphatic heterocycles. The number of nitrogens with zero attached hydrogens (tertiary/aromatic N) is 3. The Morgan fingerprint density at radius 3 is 2.87 bits per heavy atom. The van der Waals surface area contributed by atoms with E-state index in [2.05, 4.69) is 17.3 Å². The molecule has 1 unspecified atom stereocenters. The molecule has 3 rings (SSSR count). The molecule has 1 aromatic carbocycles. The van der Waals surface area contributed by atoms with Gasteiger partial charge in [0, 0.05) is 31.9 Å². The zero-order chi connectivity index (χ0) is 16.2. The van der Waals surface area contributed by atoms with Gasteiger partial charge < -0.3 is 15.0 Å². The summed E-state index contributed by atoms with van der Waals surface area (Å²) < 4.78 is 6.95. The molecule has 6 heteroatoms. The summed E-state index contributed by atoms with van der Waals surface area (Å²) in [6.45, 7) is 5.12. The number of hydrogen-bond donors (Lipinski definition) is 1. The van der Waals surface area contributed by atoms with Gasteiger partial charge >= 0.3 is 0 Å². The van der Waals surface area contributed by atoms with Crippen LogP contribution in [0.5, 0.6) is 5.75 Å². The highest BCUT2D eigenvalue weighted by molar-refractivity contribution is 5.94. The van der Waals surface area contributed by atoms with E-state index < -0.39 is 0 Å². The van der Waals surface area contributed by atoms with E-state index in [1.165, 1.54) is 0 Å². The number of benzene rings is 1. The second kappa shape index (κ2) is 6.83. The van der Waals surface area contributed by atoms with E-state index in [0.717, 1.165) is 30.9 Å². The van der Waals surface area contributed by atoms with Gasteiger partial charge in [-0.25, -0.2) is 0 Å². The Bertz CT molecular complexity index is 665. The molecule has 0 radical (unpaired) electrons. The summed E-state index contributed by atoms with van der Waals surface area (Å²) in [7, 11) is 1.65. The number of piperazine rings is 1. The Kier molecular flexibility index (Phi) is 4.62. The maximum atomic E-state index is 12.6. The number of ether oxygens (including phenoxy) is 1. The zero-order valence-electron chi connectivity index (χ0n) is 13.5. The van der Waals surface area contributed by atoms with Crippen molar-refractivity contribution in [2.45, 2.75) is 19.5 Å². The molecule has 1 amide bonds. The Hall–Kier alpha value is -2.34. The van der Waals surface area contributed by atoms with E-state index in [9.17, 15) is 4.79 Å². The van der Waals surface area contributed by atoms with Crippen molar-refractivity contribution in [3.05, 3.63) is 47.8 Å². The van der Waals surface area contributed by atoms with Crippen molar-refractivity contribution in [3.63, 3.8) is 0 Å². The molecule has 1 saturated heterocycles. The second-order valence-corrected chi connectivity index (χ2v) is 5.83. The number of methoxy groups -OCH3 is 1. The van der Waals surface area contributed by atoms with E-state index in [4.69, 9.17) is 4.74 Å². The summed E-state index contributed by atoms with van der Waals surface area (Å²) in [5, 5.41) is 7.61. The molecule has 0 saturated carbocycles. The summed E-state index contributed by atoms with van der Waals surface area (Å²) in [6, 6.07) is 8.06. The van der Waals surface area contributed by atoms with Crippen molar-refractivity contribution in [2.75, 3.05) is 26.7 Å². The van der Waals surface area contributed by atoms with Crippen LogP contribution < -0.4 is 10.1 Å². The Morgan fingerprint density at radius 2 is 2.17 bits per heavy atom. The fraction of sp³-hybridized carbons (Fsp3) is 0.412. The third kappa shape index (κ3) is 3.53. The SMILES string of the molecule is COc1ccc(Cn2cc(C(=O)N3CCNCC3C)cn2)cc1. The Morgan fingerprint density at radius 1 is 1.39 bits per heavy atom. The fourth-order valence-corrected chi connectivity index (χ4v) is 2.79. The summed E-state index contributed by atoms with van der Waals surface area (Å²) in [5.41, 5.74) is 1.76. The van der Waals surface area contributed by atoms with Crippen molar-refractivity contribution in [1.29, 1.82) is 0 Å². The molecule has 1 aromatic heterocycles. The summed E-state index contributed by atoms with van der Waals surface area (Å²) >= 11 is 0. The molecular weight excluding hydrogens is 292 g/mol. The van der Waals surface area contributed by atoms with E-state index >= 15 is 0 Å². The number of amides is 1. The molecule has 0 bridgehead atoms. The first-order valence-electron chi connectivity index (χ1n) is 7.84. The molecule has 2 heterocycles. The quantitative estimate of drug-likeness (QED) is 0.926. The highest BCUT2D eigenvalue weighted by Gasteiger charge is 2.24. The van der Waals surface area contributed by atoms with Crippen LogP contribution in [0.2, 0.25) is 0 Å². The first-order valence-corrected chi connectivity index (χ1v) is 7.84. The number of hydrogen-bond acceptors (Lipinski definition) is 4. The lowest BCUT2D eigenvalue weighted by Crippen LogP contribution is -2.52. The molecule has 2 aromatic rings. The van der Waals surface area contributed by atoms with Gasteiger partial charge in [-0.15, -0.1) is 0 Å². The van der Waals surface area contributed by atoms with Gasteiger partial charge in [0.1, 0.15) is 5.75 Å². The molecule has 122 valence electrons. The standard InChI is InChI=1S/C17H22N4O2/c1-13-9-18-7-8-21(13)17(22)15-10-19-20(12-15)11-14-3-5-16(23-2)6-4-14/h3-6,10,12-13,18H,7-9,11H2,1-2H3. The lowest BCUT2D eigenvalue weighted by molar-refractivity contribution is 0.0655. The predicted molar refractivity (Wildman–Crippen MR) is 87.7 cm³/mol.